The molecule has 0 saturated carbocycles. The molecule has 0 fully saturated rings. The first-order valence-electron chi connectivity index (χ1n) is 8.01. The van der Waals surface area contributed by atoms with E-state index in [-0.39, 0.29) is 14.6 Å². The fourth-order valence-electron chi connectivity index (χ4n) is 2.51. The van der Waals surface area contributed by atoms with Gasteiger partial charge in [0.15, 0.2) is 9.84 Å². The predicted octanol–water partition coefficient (Wildman–Crippen LogP) is 2.70. The highest BCUT2D eigenvalue weighted by Gasteiger charge is 2.16. The molecule has 0 N–H and O–H groups in total. The van der Waals surface area contributed by atoms with Crippen LogP contribution in [-0.2, 0) is 31.1 Å². The molecule has 2 aromatic carbocycles. The molecule has 0 radical (unpaired) electrons. The highest BCUT2D eigenvalue weighted by Crippen LogP contribution is 2.23. The predicted molar refractivity (Wildman–Crippen MR) is 109 cm³/mol. The number of benzene rings is 2. The van der Waals surface area contributed by atoms with Gasteiger partial charge >= 0.3 is 0 Å². The van der Waals surface area contributed by atoms with Crippen LogP contribution >= 0.6 is 22.9 Å². The Bertz CT molecular complexity index is 1290. The van der Waals surface area contributed by atoms with Crippen molar-refractivity contribution >= 4 is 53.0 Å². The molecule has 0 unspecified atom stereocenters. The van der Waals surface area contributed by atoms with E-state index >= 15 is 0 Å². The number of halogens is 1. The van der Waals surface area contributed by atoms with Gasteiger partial charge in [-0.05, 0) is 42.5 Å². The zero-order valence-corrected chi connectivity index (χ0v) is 18.2. The van der Waals surface area contributed by atoms with Gasteiger partial charge in [0.05, 0.1) is 26.6 Å². The molecule has 0 atom stereocenters. The number of fused-ring (bicyclic) bond motifs is 1. The third-order valence-electron chi connectivity index (χ3n) is 3.91. The minimum Gasteiger partial charge on any atom is -0.383 e. The number of ether oxygens (including phenoxy) is 1. The Morgan fingerprint density at radius 1 is 1.07 bits per heavy atom. The van der Waals surface area contributed by atoms with Crippen LogP contribution in [0, 0.1) is 0 Å². The lowest BCUT2D eigenvalue weighted by atomic mass is 10.3. The number of thiazole rings is 1. The maximum atomic E-state index is 12.7. The van der Waals surface area contributed by atoms with Crippen LogP contribution in [0.4, 0.5) is 0 Å². The molecular formula is C17H17ClN2O5S3. The van der Waals surface area contributed by atoms with Gasteiger partial charge in [-0.3, -0.25) is 0 Å². The second kappa shape index (κ2) is 7.96. The van der Waals surface area contributed by atoms with Crippen LogP contribution in [0.15, 0.2) is 56.7 Å². The lowest BCUT2D eigenvalue weighted by Crippen LogP contribution is -2.19. The van der Waals surface area contributed by atoms with Crippen molar-refractivity contribution in [1.29, 1.82) is 0 Å². The number of rotatable bonds is 6. The third-order valence-corrected chi connectivity index (χ3v) is 7.71. The van der Waals surface area contributed by atoms with E-state index in [1.54, 1.807) is 10.6 Å². The molecular weight excluding hydrogens is 444 g/mol. The summed E-state index contributed by atoms with van der Waals surface area (Å²) in [5.74, 6) is 0. The standard InChI is InChI=1S/C17H17ClN2O5S3/c1-25-10-9-20-15-8-7-14(27(2,21)22)11-16(15)26-17(20)19-28(23,24)13-5-3-12(18)4-6-13/h3-8,11H,9-10H2,1-2H3/b19-17-. The third kappa shape index (κ3) is 4.47. The number of nitrogens with zero attached hydrogens (tertiary/aromatic N) is 2. The van der Waals surface area contributed by atoms with Crippen LogP contribution in [0.2, 0.25) is 5.02 Å². The molecule has 1 heterocycles. The summed E-state index contributed by atoms with van der Waals surface area (Å²) in [7, 11) is -5.81. The van der Waals surface area contributed by atoms with E-state index in [0.29, 0.717) is 28.4 Å². The van der Waals surface area contributed by atoms with Gasteiger partial charge in [0.25, 0.3) is 10.0 Å². The first-order chi connectivity index (χ1) is 13.1. The van der Waals surface area contributed by atoms with Gasteiger partial charge in [0.2, 0.25) is 4.80 Å². The van der Waals surface area contributed by atoms with Crippen molar-refractivity contribution in [3.8, 4) is 0 Å². The van der Waals surface area contributed by atoms with E-state index in [1.165, 1.54) is 43.5 Å². The number of sulfone groups is 1. The molecule has 11 heteroatoms. The molecule has 0 aliphatic carbocycles. The normalized spacial score (nSPS) is 13.3. The number of hydrogen-bond acceptors (Lipinski definition) is 6. The SMILES string of the molecule is COCCn1/c(=N/S(=O)(=O)c2ccc(Cl)cc2)sc2cc(S(C)(=O)=O)ccc21. The number of aromatic nitrogens is 1. The Labute approximate surface area is 171 Å². The number of sulfonamides is 1. The molecule has 0 spiro atoms. The van der Waals surface area contributed by atoms with Crippen LogP contribution in [-0.4, -0.2) is 41.4 Å². The topological polar surface area (TPSA) is 94.8 Å². The van der Waals surface area contributed by atoms with Gasteiger partial charge in [0, 0.05) is 24.9 Å². The second-order valence-electron chi connectivity index (χ2n) is 5.95. The summed E-state index contributed by atoms with van der Waals surface area (Å²) >= 11 is 6.92. The van der Waals surface area contributed by atoms with Gasteiger partial charge in [-0.2, -0.15) is 8.42 Å². The van der Waals surface area contributed by atoms with Gasteiger partial charge in [-0.25, -0.2) is 8.42 Å². The molecule has 28 heavy (non-hydrogen) atoms. The summed E-state index contributed by atoms with van der Waals surface area (Å²) < 4.78 is 60.5. The highest BCUT2D eigenvalue weighted by atomic mass is 35.5. The van der Waals surface area contributed by atoms with Gasteiger partial charge in [0.1, 0.15) is 0 Å². The van der Waals surface area contributed by atoms with Crippen LogP contribution in [0.25, 0.3) is 10.2 Å². The van der Waals surface area contributed by atoms with Crippen LogP contribution in [0.1, 0.15) is 0 Å². The van der Waals surface area contributed by atoms with Gasteiger partial charge in [-0.1, -0.05) is 22.9 Å². The lowest BCUT2D eigenvalue weighted by Gasteiger charge is -2.05. The molecule has 0 amide bonds. The van der Waals surface area contributed by atoms with Crippen LogP contribution < -0.4 is 4.80 Å². The van der Waals surface area contributed by atoms with E-state index in [1.807, 2.05) is 0 Å². The summed E-state index contributed by atoms with van der Waals surface area (Å²) in [4.78, 5) is 0.407. The van der Waals surface area contributed by atoms with Gasteiger partial charge < -0.3 is 9.30 Å². The summed E-state index contributed by atoms with van der Waals surface area (Å²) in [5.41, 5.74) is 0.680. The number of methoxy groups -OCH3 is 1. The highest BCUT2D eigenvalue weighted by molar-refractivity contribution is 7.90. The zero-order chi connectivity index (χ0) is 20.5. The second-order valence-corrected chi connectivity index (χ2v) is 11.0. The lowest BCUT2D eigenvalue weighted by molar-refractivity contribution is 0.187. The maximum Gasteiger partial charge on any atom is 0.285 e. The fraction of sp³-hybridized carbons (Fsp3) is 0.235. The molecule has 0 bridgehead atoms. The van der Waals surface area contributed by atoms with Crippen molar-refractivity contribution in [2.45, 2.75) is 16.3 Å². The Morgan fingerprint density at radius 3 is 2.32 bits per heavy atom. The monoisotopic (exact) mass is 460 g/mol. The van der Waals surface area contributed by atoms with Gasteiger partial charge in [-0.15, -0.1) is 4.40 Å². The molecule has 0 aliphatic heterocycles. The quantitative estimate of drug-likeness (QED) is 0.563. The molecule has 1 aromatic heterocycles. The summed E-state index contributed by atoms with van der Waals surface area (Å²) in [5, 5.41) is 0.421. The van der Waals surface area contributed by atoms with Crippen molar-refractivity contribution < 1.29 is 21.6 Å². The minimum absolute atomic E-state index is 0.0180. The van der Waals surface area contributed by atoms with E-state index in [0.717, 1.165) is 17.6 Å². The zero-order valence-electron chi connectivity index (χ0n) is 15.0. The number of hydrogen-bond donors (Lipinski definition) is 0. The first kappa shape index (κ1) is 21.0. The van der Waals surface area contributed by atoms with Crippen molar-refractivity contribution in [3.63, 3.8) is 0 Å². The summed E-state index contributed by atoms with van der Waals surface area (Å²) in [6.07, 6.45) is 1.12. The van der Waals surface area contributed by atoms with E-state index < -0.39 is 19.9 Å². The smallest absolute Gasteiger partial charge is 0.285 e. The molecule has 7 nitrogen and oxygen atoms in total. The average Bonchev–Trinajstić information content (AvgIpc) is 2.95. The Kier molecular flexibility index (Phi) is 5.97. The Balaban J connectivity index is 2.23. The van der Waals surface area contributed by atoms with Crippen LogP contribution in [0.3, 0.4) is 0 Å². The van der Waals surface area contributed by atoms with E-state index in [2.05, 4.69) is 4.40 Å². The molecule has 0 saturated heterocycles. The molecule has 3 aromatic rings. The molecule has 0 aliphatic rings. The summed E-state index contributed by atoms with van der Waals surface area (Å²) in [6, 6.07) is 10.4. The van der Waals surface area contributed by atoms with E-state index in [4.69, 9.17) is 16.3 Å². The van der Waals surface area contributed by atoms with Crippen molar-refractivity contribution in [2.75, 3.05) is 20.0 Å². The fourth-order valence-corrected chi connectivity index (χ4v) is 5.66. The van der Waals surface area contributed by atoms with Crippen LogP contribution in [0.5, 0.6) is 0 Å². The minimum atomic E-state index is -3.97. The van der Waals surface area contributed by atoms with Crippen molar-refractivity contribution in [2.24, 2.45) is 4.40 Å². The average molecular weight is 461 g/mol. The molecule has 150 valence electrons. The van der Waals surface area contributed by atoms with Crippen molar-refractivity contribution in [3.05, 3.63) is 52.3 Å². The maximum absolute atomic E-state index is 12.7. The Morgan fingerprint density at radius 2 is 1.71 bits per heavy atom. The molecule has 3 rings (SSSR count). The first-order valence-corrected chi connectivity index (χ1v) is 12.5. The summed E-state index contributed by atoms with van der Waals surface area (Å²) in [6.45, 7) is 0.706. The van der Waals surface area contributed by atoms with E-state index in [9.17, 15) is 16.8 Å². The Hall–Kier alpha value is -1.72. The largest absolute Gasteiger partial charge is 0.383 e. The van der Waals surface area contributed by atoms with Crippen molar-refractivity contribution in [1.82, 2.24) is 4.57 Å².